The molecule has 0 spiro atoms. The van der Waals surface area contributed by atoms with Crippen molar-refractivity contribution in [3.63, 3.8) is 0 Å². The maximum absolute atomic E-state index is 12.4. The summed E-state index contributed by atoms with van der Waals surface area (Å²) in [6.07, 6.45) is 3.91. The highest BCUT2D eigenvalue weighted by atomic mass is 79.9. The molecule has 0 unspecified atom stereocenters. The van der Waals surface area contributed by atoms with E-state index in [4.69, 9.17) is 0 Å². The zero-order chi connectivity index (χ0) is 16.9. The third-order valence-electron chi connectivity index (χ3n) is 4.04. The smallest absolute Gasteiger partial charge is 0.290 e. The molecule has 0 saturated carbocycles. The number of carbonyl (C=O) groups excluding carboxylic acids is 1. The standard InChI is InChI=1S/C21H20N2O.BrH/c1-16-8-6-9-17(2)21(16)22-20(24)15-23-13-7-12-19(14-23)18-10-4-3-5-11-18;/h3-14H,15H2,1-2H3;1H. The van der Waals surface area contributed by atoms with Crippen LogP contribution in [0.25, 0.3) is 11.1 Å². The van der Waals surface area contributed by atoms with Gasteiger partial charge < -0.3 is 22.3 Å². The number of amides is 1. The van der Waals surface area contributed by atoms with Crippen molar-refractivity contribution in [2.75, 3.05) is 5.32 Å². The Labute approximate surface area is 159 Å². The van der Waals surface area contributed by atoms with E-state index >= 15 is 0 Å². The first-order chi connectivity index (χ1) is 11.6. The van der Waals surface area contributed by atoms with E-state index in [9.17, 15) is 4.79 Å². The fourth-order valence-electron chi connectivity index (χ4n) is 2.78. The lowest BCUT2D eigenvalue weighted by Crippen LogP contribution is -3.00. The van der Waals surface area contributed by atoms with Crippen molar-refractivity contribution in [2.45, 2.75) is 20.4 Å². The average molecular weight is 397 g/mol. The predicted octanol–water partition coefficient (Wildman–Crippen LogP) is 0.901. The molecule has 0 fully saturated rings. The summed E-state index contributed by atoms with van der Waals surface area (Å²) in [7, 11) is 0. The van der Waals surface area contributed by atoms with Gasteiger partial charge in [0.25, 0.3) is 5.91 Å². The molecule has 0 radical (unpaired) electrons. The summed E-state index contributed by atoms with van der Waals surface area (Å²) in [5.41, 5.74) is 5.29. The molecule has 0 aliphatic heterocycles. The van der Waals surface area contributed by atoms with E-state index in [-0.39, 0.29) is 29.4 Å². The Bertz CT molecular complexity index is 843. The first-order valence-corrected chi connectivity index (χ1v) is 8.04. The number of anilines is 1. The Kier molecular flexibility index (Phi) is 6.48. The first kappa shape index (κ1) is 18.9. The van der Waals surface area contributed by atoms with Gasteiger partial charge in [-0.3, -0.25) is 4.79 Å². The number of aryl methyl sites for hydroxylation is 2. The molecular weight excluding hydrogens is 376 g/mol. The second-order valence-corrected chi connectivity index (χ2v) is 5.95. The van der Waals surface area contributed by atoms with Gasteiger partial charge in [-0.15, -0.1) is 0 Å². The van der Waals surface area contributed by atoms with Crippen LogP contribution in [0.3, 0.4) is 0 Å². The van der Waals surface area contributed by atoms with E-state index in [0.29, 0.717) is 0 Å². The van der Waals surface area contributed by atoms with E-state index in [1.807, 2.05) is 73.3 Å². The van der Waals surface area contributed by atoms with Gasteiger partial charge in [0.1, 0.15) is 0 Å². The number of pyridine rings is 1. The van der Waals surface area contributed by atoms with Gasteiger partial charge in [0.2, 0.25) is 6.54 Å². The topological polar surface area (TPSA) is 33.0 Å². The number of aromatic nitrogens is 1. The molecule has 0 bridgehead atoms. The van der Waals surface area contributed by atoms with E-state index < -0.39 is 0 Å². The van der Waals surface area contributed by atoms with Crippen LogP contribution >= 0.6 is 0 Å². The quantitative estimate of drug-likeness (QED) is 0.653. The molecule has 1 N–H and O–H groups in total. The molecule has 2 aromatic carbocycles. The summed E-state index contributed by atoms with van der Waals surface area (Å²) in [6.45, 7) is 4.30. The van der Waals surface area contributed by atoms with Crippen LogP contribution in [-0.2, 0) is 11.3 Å². The van der Waals surface area contributed by atoms with Crippen LogP contribution in [0.1, 0.15) is 11.1 Å². The minimum atomic E-state index is -0.0254. The maximum Gasteiger partial charge on any atom is 0.290 e. The van der Waals surface area contributed by atoms with E-state index in [0.717, 1.165) is 27.9 Å². The second-order valence-electron chi connectivity index (χ2n) is 5.95. The summed E-state index contributed by atoms with van der Waals surface area (Å²) in [4.78, 5) is 12.4. The molecule has 4 heteroatoms. The van der Waals surface area contributed by atoms with Crippen molar-refractivity contribution in [1.82, 2.24) is 0 Å². The van der Waals surface area contributed by atoms with Crippen molar-refractivity contribution in [3.05, 3.63) is 84.2 Å². The molecule has 0 atom stereocenters. The lowest BCUT2D eigenvalue weighted by atomic mass is 10.1. The summed E-state index contributed by atoms with van der Waals surface area (Å²) < 4.78 is 1.91. The number of halogens is 1. The van der Waals surface area contributed by atoms with Crippen molar-refractivity contribution >= 4 is 11.6 Å². The molecule has 25 heavy (non-hydrogen) atoms. The van der Waals surface area contributed by atoms with E-state index in [1.54, 1.807) is 0 Å². The Morgan fingerprint density at radius 2 is 1.52 bits per heavy atom. The fraction of sp³-hybridized carbons (Fsp3) is 0.143. The van der Waals surface area contributed by atoms with Gasteiger partial charge in [-0.05, 0) is 36.6 Å². The third-order valence-corrected chi connectivity index (χ3v) is 4.04. The minimum Gasteiger partial charge on any atom is -1.00 e. The number of carbonyl (C=O) groups is 1. The van der Waals surface area contributed by atoms with Gasteiger partial charge in [-0.1, -0.05) is 48.5 Å². The second kappa shape index (κ2) is 8.58. The zero-order valence-corrected chi connectivity index (χ0v) is 16.0. The summed E-state index contributed by atoms with van der Waals surface area (Å²) in [5, 5.41) is 3.03. The third kappa shape index (κ3) is 4.77. The van der Waals surface area contributed by atoms with Gasteiger partial charge in [-0.2, -0.15) is 4.57 Å². The Morgan fingerprint density at radius 3 is 2.20 bits per heavy atom. The molecule has 3 aromatic rings. The number of hydrogen-bond donors (Lipinski definition) is 1. The van der Waals surface area contributed by atoms with Crippen LogP contribution in [0, 0.1) is 13.8 Å². The van der Waals surface area contributed by atoms with Gasteiger partial charge in [-0.25, -0.2) is 0 Å². The summed E-state index contributed by atoms with van der Waals surface area (Å²) in [5.74, 6) is -0.0254. The molecule has 0 aliphatic carbocycles. The SMILES string of the molecule is Cc1cccc(C)c1NC(=O)C[n+]1cccc(-c2ccccc2)c1.[Br-]. The molecule has 0 aliphatic rings. The van der Waals surface area contributed by atoms with Gasteiger partial charge in [0.05, 0.1) is 0 Å². The fourth-order valence-corrected chi connectivity index (χ4v) is 2.78. The molecule has 1 aromatic heterocycles. The maximum atomic E-state index is 12.4. The van der Waals surface area contributed by atoms with Crippen LogP contribution in [0.15, 0.2) is 73.1 Å². The van der Waals surface area contributed by atoms with Crippen LogP contribution in [0.2, 0.25) is 0 Å². The molecule has 128 valence electrons. The highest BCUT2D eigenvalue weighted by Crippen LogP contribution is 2.19. The van der Waals surface area contributed by atoms with Crippen molar-refractivity contribution < 1.29 is 26.3 Å². The number of hydrogen-bond acceptors (Lipinski definition) is 1. The number of benzene rings is 2. The van der Waals surface area contributed by atoms with Crippen LogP contribution in [-0.4, -0.2) is 5.91 Å². The Morgan fingerprint density at radius 1 is 0.880 bits per heavy atom. The van der Waals surface area contributed by atoms with E-state index in [1.165, 1.54) is 0 Å². The van der Waals surface area contributed by atoms with Gasteiger partial charge >= 0.3 is 0 Å². The van der Waals surface area contributed by atoms with E-state index in [2.05, 4.69) is 23.5 Å². The summed E-state index contributed by atoms with van der Waals surface area (Å²) >= 11 is 0. The number of para-hydroxylation sites is 1. The normalized spacial score (nSPS) is 10.0. The molecule has 3 nitrogen and oxygen atoms in total. The number of nitrogens with zero attached hydrogens (tertiary/aromatic N) is 1. The lowest BCUT2D eigenvalue weighted by Gasteiger charge is -2.10. The molecule has 0 saturated heterocycles. The van der Waals surface area contributed by atoms with Gasteiger partial charge in [0.15, 0.2) is 12.4 Å². The molecular formula is C21H21BrN2O. The monoisotopic (exact) mass is 396 g/mol. The Balaban J connectivity index is 0.00000225. The van der Waals surface area contributed by atoms with Crippen molar-refractivity contribution in [1.29, 1.82) is 0 Å². The zero-order valence-electron chi connectivity index (χ0n) is 14.4. The molecule has 1 heterocycles. The number of nitrogens with one attached hydrogen (secondary N) is 1. The van der Waals surface area contributed by atoms with Crippen LogP contribution in [0.5, 0.6) is 0 Å². The molecule has 1 amide bonds. The summed E-state index contributed by atoms with van der Waals surface area (Å²) in [6, 6.07) is 20.2. The number of rotatable bonds is 4. The lowest BCUT2D eigenvalue weighted by molar-refractivity contribution is -0.683. The largest absolute Gasteiger partial charge is 1.00 e. The molecule has 3 rings (SSSR count). The highest BCUT2D eigenvalue weighted by Gasteiger charge is 2.13. The van der Waals surface area contributed by atoms with Crippen molar-refractivity contribution in [2.24, 2.45) is 0 Å². The Hall–Kier alpha value is -2.46. The average Bonchev–Trinajstić information content (AvgIpc) is 2.59. The minimum absolute atomic E-state index is 0. The first-order valence-electron chi connectivity index (χ1n) is 8.04. The predicted molar refractivity (Wildman–Crippen MR) is 96.6 cm³/mol. The highest BCUT2D eigenvalue weighted by molar-refractivity contribution is 5.91. The van der Waals surface area contributed by atoms with Crippen molar-refractivity contribution in [3.8, 4) is 11.1 Å². The van der Waals surface area contributed by atoms with Gasteiger partial charge in [0, 0.05) is 17.3 Å². The van der Waals surface area contributed by atoms with Crippen LogP contribution < -0.4 is 26.9 Å². The van der Waals surface area contributed by atoms with Crippen LogP contribution in [0.4, 0.5) is 5.69 Å².